The molecule has 1 aliphatic heterocycles. The molecule has 0 fully saturated rings. The molecule has 0 saturated heterocycles. The number of ether oxygens (including phenoxy) is 1. The van der Waals surface area contributed by atoms with Gasteiger partial charge in [0.25, 0.3) is 0 Å². The first-order valence-corrected chi connectivity index (χ1v) is 12.0. The topological polar surface area (TPSA) is 75.7 Å². The van der Waals surface area contributed by atoms with Gasteiger partial charge in [0.2, 0.25) is 15.9 Å². The van der Waals surface area contributed by atoms with Crippen LogP contribution in [0.4, 0.5) is 5.69 Å². The number of hydrogen-bond donors (Lipinski definition) is 1. The summed E-state index contributed by atoms with van der Waals surface area (Å²) in [5, 5.41) is 3.12. The van der Waals surface area contributed by atoms with E-state index in [1.807, 2.05) is 45.0 Å². The maximum atomic E-state index is 12.6. The Kier molecular flexibility index (Phi) is 6.41. The van der Waals surface area contributed by atoms with Crippen LogP contribution in [0.3, 0.4) is 0 Å². The number of carbonyl (C=O) groups excluding carboxylic acids is 1. The van der Waals surface area contributed by atoms with Gasteiger partial charge in [-0.25, -0.2) is 8.42 Å². The summed E-state index contributed by atoms with van der Waals surface area (Å²) in [4.78, 5) is 12.6. The number of rotatable bonds is 7. The van der Waals surface area contributed by atoms with Gasteiger partial charge in [-0.2, -0.15) is 0 Å². The zero-order valence-electron chi connectivity index (χ0n) is 18.0. The normalized spacial score (nSPS) is 17.5. The number of nitrogens with one attached hydrogen (secondary N) is 1. The smallest absolute Gasteiger partial charge is 0.232 e. The van der Waals surface area contributed by atoms with Crippen LogP contribution >= 0.6 is 0 Å². The van der Waals surface area contributed by atoms with Gasteiger partial charge in [-0.05, 0) is 51.0 Å². The number of benzene rings is 2. The number of amides is 1. The summed E-state index contributed by atoms with van der Waals surface area (Å²) in [6, 6.07) is 14.8. The molecule has 1 N–H and O–H groups in total. The van der Waals surface area contributed by atoms with Gasteiger partial charge in [0, 0.05) is 24.9 Å². The predicted octanol–water partition coefficient (Wildman–Crippen LogP) is 3.96. The maximum Gasteiger partial charge on any atom is 0.232 e. The van der Waals surface area contributed by atoms with Crippen molar-refractivity contribution in [2.24, 2.45) is 0 Å². The highest BCUT2D eigenvalue weighted by Gasteiger charge is 2.34. The minimum atomic E-state index is -3.42. The van der Waals surface area contributed by atoms with Gasteiger partial charge >= 0.3 is 0 Å². The second-order valence-electron chi connectivity index (χ2n) is 8.50. The van der Waals surface area contributed by atoms with Gasteiger partial charge in [0.05, 0.1) is 18.0 Å². The number of para-hydroxylation sites is 1. The number of sulfonamides is 1. The summed E-state index contributed by atoms with van der Waals surface area (Å²) < 4.78 is 31.8. The molecule has 3 rings (SSSR count). The van der Waals surface area contributed by atoms with Crippen molar-refractivity contribution in [2.75, 3.05) is 17.1 Å². The van der Waals surface area contributed by atoms with Crippen LogP contribution in [0.15, 0.2) is 48.5 Å². The maximum absolute atomic E-state index is 12.6. The van der Waals surface area contributed by atoms with E-state index in [-0.39, 0.29) is 30.5 Å². The van der Waals surface area contributed by atoms with Crippen molar-refractivity contribution in [3.8, 4) is 5.75 Å². The molecule has 0 saturated carbocycles. The highest BCUT2D eigenvalue weighted by molar-refractivity contribution is 7.92. The van der Waals surface area contributed by atoms with Crippen LogP contribution < -0.4 is 14.4 Å². The number of carbonyl (C=O) groups is 1. The summed E-state index contributed by atoms with van der Waals surface area (Å²) >= 11 is 0. The second-order valence-corrected chi connectivity index (χ2v) is 10.4. The van der Waals surface area contributed by atoms with E-state index in [0.717, 1.165) is 16.9 Å². The molecule has 2 aromatic rings. The molecule has 7 heteroatoms. The van der Waals surface area contributed by atoms with Crippen molar-refractivity contribution in [3.63, 3.8) is 0 Å². The fraction of sp³-hybridized carbons (Fsp3) is 0.435. The van der Waals surface area contributed by atoms with E-state index < -0.39 is 10.0 Å². The molecule has 0 unspecified atom stereocenters. The predicted molar refractivity (Wildman–Crippen MR) is 119 cm³/mol. The standard InChI is InChI=1S/C23H30N2O4S/c1-17-12-13-19-20(16-23(2,3)29-21(19)15-17)24-22(26)11-8-14-25(30(4,27)28)18-9-6-5-7-10-18/h5-7,9-10,12-13,15,20H,8,11,14,16H2,1-4H3,(H,24,26)/t20-/m1/s1. The molecule has 0 radical (unpaired) electrons. The fourth-order valence-electron chi connectivity index (χ4n) is 3.82. The lowest BCUT2D eigenvalue weighted by Gasteiger charge is -2.38. The second kappa shape index (κ2) is 8.68. The molecule has 0 spiro atoms. The van der Waals surface area contributed by atoms with E-state index >= 15 is 0 Å². The fourth-order valence-corrected chi connectivity index (χ4v) is 4.78. The molecule has 0 bridgehead atoms. The molecule has 162 valence electrons. The summed E-state index contributed by atoms with van der Waals surface area (Å²) in [5.41, 5.74) is 2.32. The van der Waals surface area contributed by atoms with E-state index in [0.29, 0.717) is 18.5 Å². The first-order chi connectivity index (χ1) is 14.0. The van der Waals surface area contributed by atoms with E-state index in [2.05, 4.69) is 5.32 Å². The van der Waals surface area contributed by atoms with Gasteiger partial charge < -0.3 is 10.1 Å². The van der Waals surface area contributed by atoms with Crippen LogP contribution in [0.2, 0.25) is 0 Å². The zero-order chi connectivity index (χ0) is 21.9. The Hall–Kier alpha value is -2.54. The number of hydrogen-bond acceptors (Lipinski definition) is 4. The van der Waals surface area contributed by atoms with Crippen molar-refractivity contribution in [1.82, 2.24) is 5.32 Å². The lowest BCUT2D eigenvalue weighted by Crippen LogP contribution is -2.41. The van der Waals surface area contributed by atoms with E-state index in [1.54, 1.807) is 24.3 Å². The van der Waals surface area contributed by atoms with E-state index in [1.165, 1.54) is 10.6 Å². The summed E-state index contributed by atoms with van der Waals surface area (Å²) in [6.07, 6.45) is 2.54. The molecule has 1 amide bonds. The summed E-state index contributed by atoms with van der Waals surface area (Å²) in [7, 11) is -3.42. The van der Waals surface area contributed by atoms with Gasteiger partial charge in [-0.1, -0.05) is 30.3 Å². The van der Waals surface area contributed by atoms with E-state index in [9.17, 15) is 13.2 Å². The van der Waals surface area contributed by atoms with Gasteiger partial charge in [0.15, 0.2) is 0 Å². The van der Waals surface area contributed by atoms with Crippen LogP contribution in [0.5, 0.6) is 5.75 Å². The van der Waals surface area contributed by atoms with Crippen molar-refractivity contribution < 1.29 is 17.9 Å². The first-order valence-electron chi connectivity index (χ1n) is 10.2. The van der Waals surface area contributed by atoms with Gasteiger partial charge in [0.1, 0.15) is 11.4 Å². The van der Waals surface area contributed by atoms with Crippen molar-refractivity contribution >= 4 is 21.6 Å². The third-order valence-corrected chi connectivity index (χ3v) is 6.37. The Bertz CT molecular complexity index is 1000. The molecule has 1 atom stereocenters. The van der Waals surface area contributed by atoms with Crippen LogP contribution in [-0.2, 0) is 14.8 Å². The first kappa shape index (κ1) is 22.2. The number of fused-ring (bicyclic) bond motifs is 1. The van der Waals surface area contributed by atoms with Crippen LogP contribution in [0.25, 0.3) is 0 Å². The van der Waals surface area contributed by atoms with Crippen molar-refractivity contribution in [1.29, 1.82) is 0 Å². The number of nitrogens with zero attached hydrogens (tertiary/aromatic N) is 1. The molecule has 1 heterocycles. The van der Waals surface area contributed by atoms with Crippen LogP contribution in [0, 0.1) is 6.92 Å². The van der Waals surface area contributed by atoms with E-state index in [4.69, 9.17) is 4.74 Å². The summed E-state index contributed by atoms with van der Waals surface area (Å²) in [5.74, 6) is 0.717. The minimum absolute atomic E-state index is 0.0919. The average Bonchev–Trinajstić information content (AvgIpc) is 2.63. The zero-order valence-corrected chi connectivity index (χ0v) is 18.8. The third-order valence-electron chi connectivity index (χ3n) is 5.17. The van der Waals surface area contributed by atoms with Crippen molar-refractivity contribution in [3.05, 3.63) is 59.7 Å². The van der Waals surface area contributed by atoms with Gasteiger partial charge in [-0.3, -0.25) is 9.10 Å². The monoisotopic (exact) mass is 430 g/mol. The molecular weight excluding hydrogens is 400 g/mol. The summed E-state index contributed by atoms with van der Waals surface area (Å²) in [6.45, 7) is 6.30. The number of anilines is 1. The Morgan fingerprint density at radius 2 is 1.90 bits per heavy atom. The lowest BCUT2D eigenvalue weighted by molar-refractivity contribution is -0.122. The van der Waals surface area contributed by atoms with Crippen molar-refractivity contribution in [2.45, 2.75) is 51.7 Å². The SMILES string of the molecule is Cc1ccc2c(c1)OC(C)(C)C[C@H]2NC(=O)CCCN(c1ccccc1)S(C)(=O)=O. The quantitative estimate of drug-likeness (QED) is 0.721. The Balaban J connectivity index is 1.63. The molecule has 6 nitrogen and oxygen atoms in total. The number of aryl methyl sites for hydroxylation is 1. The molecule has 1 aliphatic rings. The molecular formula is C23H30N2O4S. The molecule has 0 aliphatic carbocycles. The Morgan fingerprint density at radius 1 is 1.20 bits per heavy atom. The molecule has 0 aromatic heterocycles. The Labute approximate surface area is 179 Å². The van der Waals surface area contributed by atoms with Crippen LogP contribution in [0.1, 0.15) is 50.3 Å². The third kappa shape index (κ3) is 5.53. The Morgan fingerprint density at radius 3 is 2.57 bits per heavy atom. The molecule has 30 heavy (non-hydrogen) atoms. The largest absolute Gasteiger partial charge is 0.487 e. The van der Waals surface area contributed by atoms with Crippen LogP contribution in [-0.4, -0.2) is 32.7 Å². The van der Waals surface area contributed by atoms with Gasteiger partial charge in [-0.15, -0.1) is 0 Å². The lowest BCUT2D eigenvalue weighted by atomic mass is 9.89. The highest BCUT2D eigenvalue weighted by atomic mass is 32.2. The highest BCUT2D eigenvalue weighted by Crippen LogP contribution is 2.39. The average molecular weight is 431 g/mol. The minimum Gasteiger partial charge on any atom is -0.487 e. The molecule has 2 aromatic carbocycles.